The van der Waals surface area contributed by atoms with E-state index >= 15 is 0 Å². The van der Waals surface area contributed by atoms with Crippen molar-refractivity contribution in [3.63, 3.8) is 0 Å². The van der Waals surface area contributed by atoms with Gasteiger partial charge in [-0.1, -0.05) is 0 Å². The number of hydrogen-bond acceptors (Lipinski definition) is 7. The fourth-order valence-electron chi connectivity index (χ4n) is 3.78. The van der Waals surface area contributed by atoms with Gasteiger partial charge in [-0.3, -0.25) is 19.2 Å². The van der Waals surface area contributed by atoms with Crippen LogP contribution in [-0.4, -0.2) is 95.6 Å². The number of likely N-dealkylation sites (N-methyl/N-ethyl adjacent to an activating group) is 1. The number of carbonyl (C=O) groups is 2. The number of aryl methyl sites for hydroxylation is 1. The number of amides is 2. The van der Waals surface area contributed by atoms with Crippen LogP contribution in [0.25, 0.3) is 0 Å². The summed E-state index contributed by atoms with van der Waals surface area (Å²) >= 11 is 0. The Morgan fingerprint density at radius 1 is 1.30 bits per heavy atom. The molecule has 0 unspecified atom stereocenters. The van der Waals surface area contributed by atoms with Gasteiger partial charge in [0.2, 0.25) is 11.8 Å². The molecular weight excluding hydrogens is 372 g/mol. The zero-order valence-corrected chi connectivity index (χ0v) is 16.4. The number of likely N-dealkylation sites (tertiary alicyclic amines) is 1. The second-order valence-electron chi connectivity index (χ2n) is 7.45. The third-order valence-corrected chi connectivity index (χ3v) is 7.48. The highest BCUT2D eigenvalue weighted by molar-refractivity contribution is 7.92. The molecular formula is C16H26N6O4S. The minimum absolute atomic E-state index is 0.0212. The summed E-state index contributed by atoms with van der Waals surface area (Å²) in [5, 5.41) is 6.37. The maximum atomic E-state index is 12.5. The summed E-state index contributed by atoms with van der Waals surface area (Å²) in [5.74, 6) is -0.392. The number of carbonyl (C=O) groups excluding carboxylic acids is 2. The fraction of sp³-hybridized carbons (Fsp3) is 0.750. The van der Waals surface area contributed by atoms with E-state index in [2.05, 4.69) is 15.4 Å². The molecule has 11 heteroatoms. The molecule has 1 N–H and O–H groups in total. The van der Waals surface area contributed by atoms with Crippen molar-refractivity contribution in [1.82, 2.24) is 29.9 Å². The summed E-state index contributed by atoms with van der Waals surface area (Å²) in [6.45, 7) is 1.65. The standard InChI is InChI=1S/C16H26N6O4S/c1-20(2)16(24)8-21-6-12-13(9-27(25,26)14(12)7-21)19-15(23)4-3-5-22-11-17-10-18-22/h10-14H,3-9H2,1-2H3,(H,19,23)/t12-,13+,14-/m0/s1. The van der Waals surface area contributed by atoms with Crippen LogP contribution in [0.1, 0.15) is 12.8 Å². The van der Waals surface area contributed by atoms with Gasteiger partial charge in [0, 0.05) is 52.1 Å². The van der Waals surface area contributed by atoms with E-state index in [0.717, 1.165) is 0 Å². The van der Waals surface area contributed by atoms with Crippen molar-refractivity contribution in [2.45, 2.75) is 30.7 Å². The molecule has 0 aromatic carbocycles. The second kappa shape index (κ2) is 7.93. The van der Waals surface area contributed by atoms with Gasteiger partial charge in [-0.25, -0.2) is 13.4 Å². The summed E-state index contributed by atoms with van der Waals surface area (Å²) in [4.78, 5) is 31.4. The molecule has 3 heterocycles. The van der Waals surface area contributed by atoms with Gasteiger partial charge in [0.15, 0.2) is 9.84 Å². The maximum absolute atomic E-state index is 12.5. The molecule has 3 rings (SSSR count). The normalized spacial score (nSPS) is 26.7. The van der Waals surface area contributed by atoms with E-state index < -0.39 is 21.1 Å². The molecule has 2 saturated heterocycles. The first-order chi connectivity index (χ1) is 12.8. The number of nitrogens with one attached hydrogen (secondary N) is 1. The Morgan fingerprint density at radius 2 is 2.07 bits per heavy atom. The minimum Gasteiger partial charge on any atom is -0.352 e. The first-order valence-corrected chi connectivity index (χ1v) is 10.7. The monoisotopic (exact) mass is 398 g/mol. The van der Waals surface area contributed by atoms with E-state index in [1.807, 2.05) is 4.90 Å². The highest BCUT2D eigenvalue weighted by atomic mass is 32.2. The van der Waals surface area contributed by atoms with Crippen LogP contribution in [0.4, 0.5) is 0 Å². The third kappa shape index (κ3) is 4.64. The van der Waals surface area contributed by atoms with Gasteiger partial charge >= 0.3 is 0 Å². The maximum Gasteiger partial charge on any atom is 0.236 e. The fourth-order valence-corrected chi connectivity index (χ4v) is 6.11. The van der Waals surface area contributed by atoms with Crippen LogP contribution in [0.3, 0.4) is 0 Å². The van der Waals surface area contributed by atoms with Crippen LogP contribution in [0, 0.1) is 5.92 Å². The van der Waals surface area contributed by atoms with Gasteiger partial charge < -0.3 is 10.2 Å². The number of sulfone groups is 1. The van der Waals surface area contributed by atoms with E-state index in [0.29, 0.717) is 32.5 Å². The Bertz CT molecular complexity index is 779. The summed E-state index contributed by atoms with van der Waals surface area (Å²) in [7, 11) is 0.0905. The molecule has 0 radical (unpaired) electrons. The van der Waals surface area contributed by atoms with Gasteiger partial charge in [0.05, 0.1) is 17.5 Å². The molecule has 0 spiro atoms. The third-order valence-electron chi connectivity index (χ3n) is 5.24. The molecule has 150 valence electrons. The van der Waals surface area contributed by atoms with Crippen LogP contribution in [0.15, 0.2) is 12.7 Å². The Kier molecular flexibility index (Phi) is 5.80. The second-order valence-corrected chi connectivity index (χ2v) is 9.71. The zero-order valence-electron chi connectivity index (χ0n) is 15.6. The largest absolute Gasteiger partial charge is 0.352 e. The van der Waals surface area contributed by atoms with Crippen molar-refractivity contribution in [2.75, 3.05) is 39.5 Å². The van der Waals surface area contributed by atoms with Crippen LogP contribution in [0.5, 0.6) is 0 Å². The Hall–Kier alpha value is -2.01. The van der Waals surface area contributed by atoms with Gasteiger partial charge in [0.25, 0.3) is 0 Å². The van der Waals surface area contributed by atoms with Crippen LogP contribution >= 0.6 is 0 Å². The van der Waals surface area contributed by atoms with Crippen molar-refractivity contribution in [3.8, 4) is 0 Å². The number of nitrogens with zero attached hydrogens (tertiary/aromatic N) is 5. The SMILES string of the molecule is CN(C)C(=O)CN1C[C@H]2[C@H](NC(=O)CCCn3cncn3)CS(=O)(=O)[C@H]2C1. The van der Waals surface area contributed by atoms with Crippen molar-refractivity contribution in [1.29, 1.82) is 0 Å². The molecule has 2 fully saturated rings. The van der Waals surface area contributed by atoms with Crippen LogP contribution in [-0.2, 0) is 26.0 Å². The van der Waals surface area contributed by atoms with Crippen molar-refractivity contribution in [3.05, 3.63) is 12.7 Å². The molecule has 2 amide bonds. The van der Waals surface area contributed by atoms with E-state index in [1.54, 1.807) is 25.1 Å². The molecule has 0 aliphatic carbocycles. The highest BCUT2D eigenvalue weighted by Crippen LogP contribution is 2.34. The van der Waals surface area contributed by atoms with E-state index in [-0.39, 0.29) is 30.0 Å². The van der Waals surface area contributed by atoms with Crippen LogP contribution in [0.2, 0.25) is 0 Å². The van der Waals surface area contributed by atoms with E-state index in [4.69, 9.17) is 0 Å². The van der Waals surface area contributed by atoms with Gasteiger partial charge in [-0.2, -0.15) is 5.10 Å². The molecule has 0 saturated carbocycles. The Balaban J connectivity index is 1.53. The smallest absolute Gasteiger partial charge is 0.236 e. The predicted octanol–water partition coefficient (Wildman–Crippen LogP) is -1.64. The molecule has 3 atom stereocenters. The quantitative estimate of drug-likeness (QED) is 0.585. The molecule has 2 aliphatic heterocycles. The first-order valence-electron chi connectivity index (χ1n) is 9.02. The Morgan fingerprint density at radius 3 is 2.74 bits per heavy atom. The number of hydrogen-bond donors (Lipinski definition) is 1. The lowest BCUT2D eigenvalue weighted by Gasteiger charge is -2.21. The molecule has 1 aromatic heterocycles. The Labute approximate surface area is 158 Å². The molecule has 2 aliphatic rings. The summed E-state index contributed by atoms with van der Waals surface area (Å²) in [5.41, 5.74) is 0. The average Bonchev–Trinajstić information content (AvgIpc) is 3.27. The number of rotatable bonds is 7. The first kappa shape index (κ1) is 19.7. The summed E-state index contributed by atoms with van der Waals surface area (Å²) in [6, 6.07) is -0.390. The van der Waals surface area contributed by atoms with Gasteiger partial charge in [0.1, 0.15) is 12.7 Å². The molecule has 1 aromatic rings. The van der Waals surface area contributed by atoms with Crippen molar-refractivity contribution < 1.29 is 18.0 Å². The van der Waals surface area contributed by atoms with Crippen molar-refractivity contribution >= 4 is 21.7 Å². The van der Waals surface area contributed by atoms with E-state index in [1.165, 1.54) is 11.2 Å². The lowest BCUT2D eigenvalue weighted by molar-refractivity contribution is -0.129. The minimum atomic E-state index is -3.27. The van der Waals surface area contributed by atoms with E-state index in [9.17, 15) is 18.0 Å². The summed E-state index contributed by atoms with van der Waals surface area (Å²) in [6.07, 6.45) is 3.94. The highest BCUT2D eigenvalue weighted by Gasteiger charge is 2.52. The van der Waals surface area contributed by atoms with Gasteiger partial charge in [-0.15, -0.1) is 0 Å². The molecule has 27 heavy (non-hydrogen) atoms. The van der Waals surface area contributed by atoms with Gasteiger partial charge in [-0.05, 0) is 6.42 Å². The summed E-state index contributed by atoms with van der Waals surface area (Å²) < 4.78 is 26.6. The molecule has 0 bridgehead atoms. The molecule has 10 nitrogen and oxygen atoms in total. The topological polar surface area (TPSA) is 118 Å². The average molecular weight is 398 g/mol. The number of fused-ring (bicyclic) bond motifs is 1. The number of aromatic nitrogens is 3. The zero-order chi connectivity index (χ0) is 19.6. The lowest BCUT2D eigenvalue weighted by Crippen LogP contribution is -2.43. The predicted molar refractivity (Wildman–Crippen MR) is 97.4 cm³/mol. The van der Waals surface area contributed by atoms with Crippen molar-refractivity contribution in [2.24, 2.45) is 5.92 Å². The lowest BCUT2D eigenvalue weighted by atomic mass is 10.0. The van der Waals surface area contributed by atoms with Crippen LogP contribution < -0.4 is 5.32 Å².